The Morgan fingerprint density at radius 1 is 1.14 bits per heavy atom. The van der Waals surface area contributed by atoms with Crippen molar-refractivity contribution in [2.45, 2.75) is 46.5 Å². The third kappa shape index (κ3) is 11.2. The minimum atomic E-state index is -3.13. The van der Waals surface area contributed by atoms with Crippen LogP contribution in [-0.2, 0) is 19.4 Å². The second-order valence-electron chi connectivity index (χ2n) is 6.51. The van der Waals surface area contributed by atoms with Crippen molar-refractivity contribution >= 4 is 21.7 Å². The molecule has 0 aromatic rings. The van der Waals surface area contributed by atoms with E-state index in [0.717, 1.165) is 6.26 Å². The lowest BCUT2D eigenvalue weighted by molar-refractivity contribution is -0.137. The van der Waals surface area contributed by atoms with Crippen LogP contribution < -0.4 is 5.32 Å². The predicted octanol–water partition coefficient (Wildman–Crippen LogP) is 1.45. The molecule has 0 radical (unpaired) electrons. The second kappa shape index (κ2) is 8.36. The molecule has 0 rings (SSSR count). The number of hydrogen-bond donors (Lipinski definition) is 2. The number of rotatable bonds is 9. The van der Waals surface area contributed by atoms with Crippen molar-refractivity contribution in [2.75, 3.05) is 18.6 Å². The molecule has 7 heteroatoms. The van der Waals surface area contributed by atoms with Gasteiger partial charge in [0.2, 0.25) is 5.91 Å². The first-order valence-electron chi connectivity index (χ1n) is 7.08. The van der Waals surface area contributed by atoms with Gasteiger partial charge in [0, 0.05) is 25.6 Å². The fraction of sp³-hybridized carbons (Fsp3) is 0.857. The lowest BCUT2D eigenvalue weighted by Gasteiger charge is -2.30. The first kappa shape index (κ1) is 19.9. The number of nitrogens with one attached hydrogen (secondary N) is 1. The Bertz CT molecular complexity index is 450. The minimum absolute atomic E-state index is 0.0336. The highest BCUT2D eigenvalue weighted by Gasteiger charge is 2.24. The summed E-state index contributed by atoms with van der Waals surface area (Å²) < 4.78 is 21.9. The van der Waals surface area contributed by atoms with E-state index < -0.39 is 15.8 Å². The zero-order chi connectivity index (χ0) is 16.7. The monoisotopic (exact) mass is 321 g/mol. The maximum atomic E-state index is 11.5. The van der Waals surface area contributed by atoms with E-state index >= 15 is 0 Å². The molecule has 0 aliphatic carbocycles. The van der Waals surface area contributed by atoms with Crippen LogP contribution in [0.5, 0.6) is 0 Å². The van der Waals surface area contributed by atoms with Crippen LogP contribution in [0.15, 0.2) is 0 Å². The average molecular weight is 321 g/mol. The molecular formula is C14H27NO5S. The summed E-state index contributed by atoms with van der Waals surface area (Å²) in [5, 5.41) is 11.5. The number of amides is 1. The smallest absolute Gasteiger partial charge is 0.303 e. The fourth-order valence-electron chi connectivity index (χ4n) is 2.06. The molecule has 21 heavy (non-hydrogen) atoms. The zero-order valence-corrected chi connectivity index (χ0v) is 14.1. The highest BCUT2D eigenvalue weighted by Crippen LogP contribution is 2.32. The summed E-state index contributed by atoms with van der Waals surface area (Å²) in [6.07, 6.45) is 2.43. The number of aliphatic carboxylic acids is 1. The van der Waals surface area contributed by atoms with Crippen molar-refractivity contribution in [2.24, 2.45) is 11.3 Å². The van der Waals surface area contributed by atoms with E-state index in [2.05, 4.69) is 5.32 Å². The standard InChI is InChI=1S/C14H27NO5S/c1-14(2,3)11(5-6-13(17)18)7-9-15-12(16)8-10-21(4,19)20/h11H,5-10H2,1-4H3,(H,15,16)(H,17,18). The Balaban J connectivity index is 4.19. The van der Waals surface area contributed by atoms with Gasteiger partial charge < -0.3 is 10.4 Å². The number of carbonyl (C=O) groups is 2. The van der Waals surface area contributed by atoms with Crippen LogP contribution in [-0.4, -0.2) is 44.0 Å². The van der Waals surface area contributed by atoms with Crippen LogP contribution in [0.3, 0.4) is 0 Å². The first-order valence-corrected chi connectivity index (χ1v) is 9.14. The number of carboxylic acids is 1. The summed E-state index contributed by atoms with van der Waals surface area (Å²) in [5.41, 5.74) is -0.0348. The Morgan fingerprint density at radius 2 is 1.71 bits per heavy atom. The van der Waals surface area contributed by atoms with Crippen LogP contribution >= 0.6 is 0 Å². The lowest BCUT2D eigenvalue weighted by atomic mass is 9.76. The highest BCUT2D eigenvalue weighted by molar-refractivity contribution is 7.90. The van der Waals surface area contributed by atoms with Crippen LogP contribution in [0.1, 0.15) is 46.5 Å². The molecule has 0 saturated carbocycles. The molecule has 2 N–H and O–H groups in total. The molecule has 1 unspecified atom stereocenters. The van der Waals surface area contributed by atoms with E-state index in [-0.39, 0.29) is 35.8 Å². The summed E-state index contributed by atoms with van der Waals surface area (Å²) >= 11 is 0. The van der Waals surface area contributed by atoms with Gasteiger partial charge in [-0.3, -0.25) is 9.59 Å². The van der Waals surface area contributed by atoms with Gasteiger partial charge in [-0.05, 0) is 24.2 Å². The molecule has 0 aliphatic rings. The zero-order valence-electron chi connectivity index (χ0n) is 13.3. The molecule has 1 amide bonds. The molecule has 0 aromatic heterocycles. The van der Waals surface area contributed by atoms with E-state index in [0.29, 0.717) is 19.4 Å². The van der Waals surface area contributed by atoms with Crippen LogP contribution in [0.4, 0.5) is 0 Å². The third-order valence-corrected chi connectivity index (χ3v) is 4.39. The van der Waals surface area contributed by atoms with Crippen molar-refractivity contribution in [3.63, 3.8) is 0 Å². The number of sulfone groups is 1. The van der Waals surface area contributed by atoms with Crippen molar-refractivity contribution in [1.82, 2.24) is 5.32 Å². The van der Waals surface area contributed by atoms with Gasteiger partial charge in [0.15, 0.2) is 0 Å². The molecule has 1 atom stereocenters. The number of hydrogen-bond acceptors (Lipinski definition) is 4. The summed E-state index contributed by atoms with van der Waals surface area (Å²) in [7, 11) is -3.13. The lowest BCUT2D eigenvalue weighted by Crippen LogP contribution is -2.30. The van der Waals surface area contributed by atoms with Crippen LogP contribution in [0.25, 0.3) is 0 Å². The van der Waals surface area contributed by atoms with Crippen LogP contribution in [0.2, 0.25) is 0 Å². The molecule has 0 fully saturated rings. The Morgan fingerprint density at radius 3 is 2.14 bits per heavy atom. The second-order valence-corrected chi connectivity index (χ2v) is 8.77. The molecule has 6 nitrogen and oxygen atoms in total. The molecule has 0 saturated heterocycles. The van der Waals surface area contributed by atoms with E-state index in [1.165, 1.54) is 0 Å². The van der Waals surface area contributed by atoms with Gasteiger partial charge in [-0.1, -0.05) is 20.8 Å². The molecule has 0 bridgehead atoms. The number of carboxylic acid groups (broad SMARTS) is 1. The average Bonchev–Trinajstić information content (AvgIpc) is 2.28. The summed E-state index contributed by atoms with van der Waals surface area (Å²) in [4.78, 5) is 22.2. The topological polar surface area (TPSA) is 101 Å². The predicted molar refractivity (Wildman–Crippen MR) is 81.8 cm³/mol. The van der Waals surface area contributed by atoms with Gasteiger partial charge >= 0.3 is 5.97 Å². The van der Waals surface area contributed by atoms with Crippen molar-refractivity contribution in [1.29, 1.82) is 0 Å². The van der Waals surface area contributed by atoms with Crippen molar-refractivity contribution in [3.8, 4) is 0 Å². The Hall–Kier alpha value is -1.11. The van der Waals surface area contributed by atoms with Gasteiger partial charge in [-0.15, -0.1) is 0 Å². The maximum absolute atomic E-state index is 11.5. The van der Waals surface area contributed by atoms with E-state index in [9.17, 15) is 18.0 Å². The van der Waals surface area contributed by atoms with Crippen molar-refractivity contribution < 1.29 is 23.1 Å². The summed E-state index contributed by atoms with van der Waals surface area (Å²) in [6, 6.07) is 0. The first-order chi connectivity index (χ1) is 9.42. The quantitative estimate of drug-likeness (QED) is 0.669. The largest absolute Gasteiger partial charge is 0.481 e. The normalized spacial score (nSPS) is 13.7. The molecule has 0 spiro atoms. The van der Waals surface area contributed by atoms with E-state index in [1.54, 1.807) is 0 Å². The van der Waals surface area contributed by atoms with Crippen molar-refractivity contribution in [3.05, 3.63) is 0 Å². The van der Waals surface area contributed by atoms with Crippen LogP contribution in [0, 0.1) is 11.3 Å². The van der Waals surface area contributed by atoms with Gasteiger partial charge in [0.25, 0.3) is 0 Å². The highest BCUT2D eigenvalue weighted by atomic mass is 32.2. The molecule has 0 aliphatic heterocycles. The van der Waals surface area contributed by atoms with Gasteiger partial charge in [0.1, 0.15) is 9.84 Å². The number of carbonyl (C=O) groups excluding carboxylic acids is 1. The Labute approximate surface area is 127 Å². The summed E-state index contributed by atoms with van der Waals surface area (Å²) in [6.45, 7) is 6.57. The van der Waals surface area contributed by atoms with E-state index in [4.69, 9.17) is 5.11 Å². The maximum Gasteiger partial charge on any atom is 0.303 e. The van der Waals surface area contributed by atoms with E-state index in [1.807, 2.05) is 20.8 Å². The SMILES string of the molecule is CC(C)(C)C(CCNC(=O)CCS(C)(=O)=O)CCC(=O)O. The molecule has 124 valence electrons. The van der Waals surface area contributed by atoms with Gasteiger partial charge in [0.05, 0.1) is 5.75 Å². The molecule has 0 aromatic carbocycles. The Kier molecular flexibility index (Phi) is 7.92. The molecular weight excluding hydrogens is 294 g/mol. The fourth-order valence-corrected chi connectivity index (χ4v) is 2.62. The third-order valence-electron chi connectivity index (χ3n) is 3.45. The summed E-state index contributed by atoms with van der Waals surface area (Å²) in [5.74, 6) is -1.07. The van der Waals surface area contributed by atoms with Gasteiger partial charge in [-0.25, -0.2) is 8.42 Å². The van der Waals surface area contributed by atoms with Gasteiger partial charge in [-0.2, -0.15) is 0 Å². The molecule has 0 heterocycles. The minimum Gasteiger partial charge on any atom is -0.481 e.